The fraction of sp³-hybridized carbons (Fsp3) is 0.333. The molecule has 1 unspecified atom stereocenters. The van der Waals surface area contributed by atoms with Gasteiger partial charge in [0.25, 0.3) is 0 Å². The highest BCUT2D eigenvalue weighted by atomic mass is 35.5. The van der Waals surface area contributed by atoms with E-state index >= 15 is 0 Å². The Bertz CT molecular complexity index is 417. The Morgan fingerprint density at radius 2 is 2.18 bits per heavy atom. The molecule has 4 nitrogen and oxygen atoms in total. The maximum atomic E-state index is 11.4. The summed E-state index contributed by atoms with van der Waals surface area (Å²) in [5.41, 5.74) is 0.693. The summed E-state index contributed by atoms with van der Waals surface area (Å²) in [6, 6.07) is 6.75. The third kappa shape index (κ3) is 4.07. The van der Waals surface area contributed by atoms with Crippen molar-refractivity contribution in [3.8, 4) is 0 Å². The third-order valence-corrected chi connectivity index (χ3v) is 2.43. The van der Waals surface area contributed by atoms with Crippen LogP contribution in [0.1, 0.15) is 12.5 Å². The van der Waals surface area contributed by atoms with E-state index in [0.29, 0.717) is 10.6 Å². The number of ether oxygens (including phenoxy) is 1. The van der Waals surface area contributed by atoms with Crippen molar-refractivity contribution in [3.05, 3.63) is 34.9 Å². The van der Waals surface area contributed by atoms with Gasteiger partial charge in [0.1, 0.15) is 0 Å². The molecule has 0 bridgehead atoms. The van der Waals surface area contributed by atoms with Crippen molar-refractivity contribution in [1.29, 1.82) is 0 Å². The standard InChI is InChI=1S/C12H13ClO4/c1-2-17-12(16)10(11(14)15)7-8-4-3-5-9(13)6-8/h3-6,10H,2,7H2,1H3,(H,14,15). The maximum absolute atomic E-state index is 11.4. The van der Waals surface area contributed by atoms with Crippen molar-refractivity contribution in [3.63, 3.8) is 0 Å². The van der Waals surface area contributed by atoms with Crippen molar-refractivity contribution in [2.24, 2.45) is 5.92 Å². The van der Waals surface area contributed by atoms with Gasteiger partial charge in [0.15, 0.2) is 5.92 Å². The summed E-state index contributed by atoms with van der Waals surface area (Å²) in [6.07, 6.45) is 0.0781. The fourth-order valence-electron chi connectivity index (χ4n) is 1.41. The third-order valence-electron chi connectivity index (χ3n) is 2.20. The minimum atomic E-state index is -1.19. The first-order chi connectivity index (χ1) is 8.04. The van der Waals surface area contributed by atoms with Crippen LogP contribution < -0.4 is 0 Å². The average molecular weight is 257 g/mol. The normalized spacial score (nSPS) is 11.9. The highest BCUT2D eigenvalue weighted by Gasteiger charge is 2.27. The average Bonchev–Trinajstić information content (AvgIpc) is 2.26. The molecular weight excluding hydrogens is 244 g/mol. The van der Waals surface area contributed by atoms with Crippen LogP contribution >= 0.6 is 11.6 Å². The first-order valence-electron chi connectivity index (χ1n) is 5.18. The van der Waals surface area contributed by atoms with Crippen LogP contribution in [0.2, 0.25) is 5.02 Å². The van der Waals surface area contributed by atoms with Gasteiger partial charge >= 0.3 is 11.9 Å². The first-order valence-corrected chi connectivity index (χ1v) is 5.56. The van der Waals surface area contributed by atoms with E-state index in [1.165, 1.54) is 0 Å². The van der Waals surface area contributed by atoms with Gasteiger partial charge in [-0.05, 0) is 31.0 Å². The molecule has 0 aliphatic rings. The van der Waals surface area contributed by atoms with Gasteiger partial charge in [-0.15, -0.1) is 0 Å². The van der Waals surface area contributed by atoms with E-state index in [1.807, 2.05) is 0 Å². The minimum absolute atomic E-state index is 0.0781. The highest BCUT2D eigenvalue weighted by Crippen LogP contribution is 2.15. The van der Waals surface area contributed by atoms with Gasteiger partial charge in [-0.1, -0.05) is 23.7 Å². The Balaban J connectivity index is 2.80. The Morgan fingerprint density at radius 1 is 1.47 bits per heavy atom. The molecule has 0 heterocycles. The summed E-state index contributed by atoms with van der Waals surface area (Å²) >= 11 is 5.79. The molecule has 92 valence electrons. The smallest absolute Gasteiger partial charge is 0.320 e. The molecule has 0 radical (unpaired) electrons. The molecule has 1 rings (SSSR count). The van der Waals surface area contributed by atoms with Crippen LogP contribution in [0.15, 0.2) is 24.3 Å². The second-order valence-electron chi connectivity index (χ2n) is 3.48. The SMILES string of the molecule is CCOC(=O)C(Cc1cccc(Cl)c1)C(=O)O. The lowest BCUT2D eigenvalue weighted by Gasteiger charge is -2.11. The molecule has 5 heteroatoms. The van der Waals surface area contributed by atoms with Gasteiger partial charge in [-0.2, -0.15) is 0 Å². The number of carbonyl (C=O) groups excluding carboxylic acids is 1. The van der Waals surface area contributed by atoms with Crippen LogP contribution in [0.5, 0.6) is 0 Å². The van der Waals surface area contributed by atoms with Crippen LogP contribution in [-0.2, 0) is 20.7 Å². The fourth-order valence-corrected chi connectivity index (χ4v) is 1.63. The quantitative estimate of drug-likeness (QED) is 0.648. The Morgan fingerprint density at radius 3 is 2.71 bits per heavy atom. The summed E-state index contributed by atoms with van der Waals surface area (Å²) in [7, 11) is 0. The highest BCUT2D eigenvalue weighted by molar-refractivity contribution is 6.30. The number of rotatable bonds is 5. The van der Waals surface area contributed by atoms with E-state index in [1.54, 1.807) is 31.2 Å². The number of esters is 1. The molecule has 0 aliphatic carbocycles. The Hall–Kier alpha value is -1.55. The molecule has 0 aromatic heterocycles. The van der Waals surface area contributed by atoms with Crippen molar-refractivity contribution in [2.75, 3.05) is 6.61 Å². The van der Waals surface area contributed by atoms with Gasteiger partial charge in [0.2, 0.25) is 0 Å². The summed E-state index contributed by atoms with van der Waals surface area (Å²) in [5.74, 6) is -3.10. The van der Waals surface area contributed by atoms with Crippen molar-refractivity contribution >= 4 is 23.5 Å². The van der Waals surface area contributed by atoms with Crippen molar-refractivity contribution in [2.45, 2.75) is 13.3 Å². The molecule has 1 N–H and O–H groups in total. The molecule has 1 aromatic rings. The van der Waals surface area contributed by atoms with E-state index < -0.39 is 17.9 Å². The van der Waals surface area contributed by atoms with Crippen LogP contribution in [0, 0.1) is 5.92 Å². The van der Waals surface area contributed by atoms with Crippen LogP contribution in [0.4, 0.5) is 0 Å². The lowest BCUT2D eigenvalue weighted by atomic mass is 10.00. The zero-order valence-electron chi connectivity index (χ0n) is 9.35. The van der Waals surface area contributed by atoms with E-state index in [9.17, 15) is 9.59 Å². The summed E-state index contributed by atoms with van der Waals surface area (Å²) in [6.45, 7) is 1.80. The number of carboxylic acids is 1. The van der Waals surface area contributed by atoms with Crippen molar-refractivity contribution < 1.29 is 19.4 Å². The van der Waals surface area contributed by atoms with Crippen LogP contribution in [0.25, 0.3) is 0 Å². The van der Waals surface area contributed by atoms with Gasteiger partial charge < -0.3 is 9.84 Å². The van der Waals surface area contributed by atoms with E-state index in [2.05, 4.69) is 0 Å². The molecule has 0 aliphatic heterocycles. The second kappa shape index (κ2) is 6.25. The number of hydrogen-bond acceptors (Lipinski definition) is 3. The van der Waals surface area contributed by atoms with Crippen LogP contribution in [-0.4, -0.2) is 23.7 Å². The number of carboxylic acid groups (broad SMARTS) is 1. The zero-order valence-corrected chi connectivity index (χ0v) is 10.1. The molecule has 0 spiro atoms. The number of benzene rings is 1. The summed E-state index contributed by atoms with van der Waals surface area (Å²) in [4.78, 5) is 22.4. The zero-order chi connectivity index (χ0) is 12.8. The minimum Gasteiger partial charge on any atom is -0.481 e. The first kappa shape index (κ1) is 13.5. The summed E-state index contributed by atoms with van der Waals surface area (Å²) < 4.78 is 4.72. The lowest BCUT2D eigenvalue weighted by molar-refractivity contribution is -0.158. The Kier molecular flexibility index (Phi) is 4.97. The molecule has 0 amide bonds. The van der Waals surface area contributed by atoms with E-state index in [-0.39, 0.29) is 13.0 Å². The summed E-state index contributed by atoms with van der Waals surface area (Å²) in [5, 5.41) is 9.48. The lowest BCUT2D eigenvalue weighted by Crippen LogP contribution is -2.27. The predicted molar refractivity (Wildman–Crippen MR) is 62.9 cm³/mol. The van der Waals surface area contributed by atoms with Gasteiger partial charge in [0.05, 0.1) is 6.61 Å². The Labute approximate surface area is 104 Å². The van der Waals surface area contributed by atoms with Crippen LogP contribution in [0.3, 0.4) is 0 Å². The largest absolute Gasteiger partial charge is 0.481 e. The molecule has 1 atom stereocenters. The second-order valence-corrected chi connectivity index (χ2v) is 3.91. The molecule has 17 heavy (non-hydrogen) atoms. The van der Waals surface area contributed by atoms with Crippen molar-refractivity contribution in [1.82, 2.24) is 0 Å². The van der Waals surface area contributed by atoms with Gasteiger partial charge in [-0.25, -0.2) is 0 Å². The maximum Gasteiger partial charge on any atom is 0.320 e. The predicted octanol–water partition coefficient (Wildman–Crippen LogP) is 2.15. The van der Waals surface area contributed by atoms with Gasteiger partial charge in [0, 0.05) is 5.02 Å². The number of hydrogen-bond donors (Lipinski definition) is 1. The van der Waals surface area contributed by atoms with E-state index in [4.69, 9.17) is 21.4 Å². The number of halogens is 1. The van der Waals surface area contributed by atoms with E-state index in [0.717, 1.165) is 0 Å². The molecule has 0 fully saturated rings. The number of aliphatic carboxylic acids is 1. The molecule has 0 saturated heterocycles. The molecular formula is C12H13ClO4. The van der Waals surface area contributed by atoms with Gasteiger partial charge in [-0.3, -0.25) is 9.59 Å². The number of carbonyl (C=O) groups is 2. The monoisotopic (exact) mass is 256 g/mol. The topological polar surface area (TPSA) is 63.6 Å². The molecule has 1 aromatic carbocycles. The molecule has 0 saturated carbocycles.